The zero-order valence-electron chi connectivity index (χ0n) is 12.9. The summed E-state index contributed by atoms with van der Waals surface area (Å²) < 4.78 is 32.9. The summed E-state index contributed by atoms with van der Waals surface area (Å²) in [7, 11) is -2.19. The number of hydrogen-bond donors (Lipinski definition) is 1. The van der Waals surface area contributed by atoms with Crippen molar-refractivity contribution in [2.45, 2.75) is 31.2 Å². The molecule has 1 aromatic carbocycles. The number of sulfonamides is 1. The van der Waals surface area contributed by atoms with Gasteiger partial charge in [0.2, 0.25) is 10.0 Å². The molecular formula is C16H20N2O3S. The molecule has 0 bridgehead atoms. The van der Waals surface area contributed by atoms with Crippen molar-refractivity contribution in [2.75, 3.05) is 7.11 Å². The molecule has 0 spiro atoms. The van der Waals surface area contributed by atoms with E-state index in [0.717, 1.165) is 11.1 Å². The lowest BCUT2D eigenvalue weighted by atomic mass is 10.0. The minimum absolute atomic E-state index is 0.162. The Balaban J connectivity index is 2.29. The van der Waals surface area contributed by atoms with Crippen LogP contribution in [-0.2, 0) is 16.6 Å². The first-order valence-electron chi connectivity index (χ1n) is 7.00. The van der Waals surface area contributed by atoms with Crippen LogP contribution in [0.2, 0.25) is 0 Å². The second-order valence-corrected chi connectivity index (χ2v) is 6.98. The topological polar surface area (TPSA) is 68.3 Å². The number of nitrogens with zero attached hydrogens (tertiary/aromatic N) is 1. The van der Waals surface area contributed by atoms with Crippen molar-refractivity contribution in [3.8, 4) is 5.75 Å². The summed E-state index contributed by atoms with van der Waals surface area (Å²) in [5, 5.41) is 0. The number of pyridine rings is 1. The number of hydrogen-bond acceptors (Lipinski definition) is 4. The average Bonchev–Trinajstić information content (AvgIpc) is 2.53. The van der Waals surface area contributed by atoms with E-state index >= 15 is 0 Å². The molecule has 0 unspecified atom stereocenters. The van der Waals surface area contributed by atoms with Gasteiger partial charge in [-0.15, -0.1) is 0 Å². The van der Waals surface area contributed by atoms with Gasteiger partial charge in [0, 0.05) is 18.9 Å². The number of nitrogens with one attached hydrogen (secondary N) is 1. The Kier molecular flexibility index (Phi) is 5.15. The Morgan fingerprint density at radius 3 is 2.45 bits per heavy atom. The highest BCUT2D eigenvalue weighted by Gasteiger charge is 2.20. The molecule has 0 aliphatic rings. The van der Waals surface area contributed by atoms with Crippen molar-refractivity contribution in [1.29, 1.82) is 0 Å². The lowest BCUT2D eigenvalue weighted by Gasteiger charge is -2.14. The van der Waals surface area contributed by atoms with Gasteiger partial charge in [0.25, 0.3) is 0 Å². The fraction of sp³-hybridized carbons (Fsp3) is 0.312. The van der Waals surface area contributed by atoms with E-state index in [4.69, 9.17) is 4.74 Å². The Labute approximate surface area is 131 Å². The molecule has 2 aromatic rings. The Morgan fingerprint density at radius 1 is 1.18 bits per heavy atom. The van der Waals surface area contributed by atoms with Crippen LogP contribution in [0.1, 0.15) is 30.9 Å². The minimum Gasteiger partial charge on any atom is -0.495 e. The maximum absolute atomic E-state index is 12.6. The van der Waals surface area contributed by atoms with Gasteiger partial charge in [-0.1, -0.05) is 19.9 Å². The number of rotatable bonds is 6. The summed E-state index contributed by atoms with van der Waals surface area (Å²) in [5.41, 5.74) is 1.79. The maximum Gasteiger partial charge on any atom is 0.244 e. The first-order chi connectivity index (χ1) is 10.4. The first kappa shape index (κ1) is 16.5. The van der Waals surface area contributed by atoms with Crippen LogP contribution in [0.3, 0.4) is 0 Å². The Bertz CT molecular complexity index is 728. The quantitative estimate of drug-likeness (QED) is 0.888. The smallest absolute Gasteiger partial charge is 0.244 e. The van der Waals surface area contributed by atoms with Crippen LogP contribution in [0.5, 0.6) is 5.75 Å². The highest BCUT2D eigenvalue weighted by molar-refractivity contribution is 7.89. The summed E-state index contributed by atoms with van der Waals surface area (Å²) in [6.07, 6.45) is 3.26. The molecule has 0 aliphatic carbocycles. The van der Waals surface area contributed by atoms with Crippen molar-refractivity contribution >= 4 is 10.0 Å². The maximum atomic E-state index is 12.6. The average molecular weight is 320 g/mol. The molecule has 5 nitrogen and oxygen atoms in total. The highest BCUT2D eigenvalue weighted by atomic mass is 32.2. The van der Waals surface area contributed by atoms with E-state index in [2.05, 4.69) is 9.71 Å². The number of aromatic nitrogens is 1. The van der Waals surface area contributed by atoms with Gasteiger partial charge in [0.05, 0.1) is 7.11 Å². The second-order valence-electron chi connectivity index (χ2n) is 5.25. The highest BCUT2D eigenvalue weighted by Crippen LogP contribution is 2.28. The summed E-state index contributed by atoms with van der Waals surface area (Å²) in [6.45, 7) is 4.24. The molecule has 118 valence electrons. The zero-order chi connectivity index (χ0) is 16.2. The van der Waals surface area contributed by atoms with E-state index in [1.165, 1.54) is 7.11 Å². The predicted molar refractivity (Wildman–Crippen MR) is 85.3 cm³/mol. The van der Waals surface area contributed by atoms with Gasteiger partial charge >= 0.3 is 0 Å². The SMILES string of the molecule is COc1ccc(C(C)C)cc1S(=O)(=O)NCc1ccncc1. The monoisotopic (exact) mass is 320 g/mol. The normalized spacial score (nSPS) is 11.6. The third kappa shape index (κ3) is 3.84. The molecule has 6 heteroatoms. The lowest BCUT2D eigenvalue weighted by molar-refractivity contribution is 0.402. The third-order valence-corrected chi connectivity index (χ3v) is 4.78. The number of benzene rings is 1. The molecule has 22 heavy (non-hydrogen) atoms. The number of ether oxygens (including phenoxy) is 1. The van der Waals surface area contributed by atoms with Gasteiger partial charge < -0.3 is 4.74 Å². The van der Waals surface area contributed by atoms with Crippen molar-refractivity contribution < 1.29 is 13.2 Å². The summed E-state index contributed by atoms with van der Waals surface area (Å²) in [6, 6.07) is 8.77. The molecule has 0 fully saturated rings. The molecule has 0 aliphatic heterocycles. The molecule has 2 rings (SSSR count). The molecular weight excluding hydrogens is 300 g/mol. The van der Waals surface area contributed by atoms with Crippen molar-refractivity contribution in [2.24, 2.45) is 0 Å². The van der Waals surface area contributed by atoms with Crippen molar-refractivity contribution in [1.82, 2.24) is 9.71 Å². The summed E-state index contributed by atoms with van der Waals surface area (Å²) in [5.74, 6) is 0.576. The zero-order valence-corrected chi connectivity index (χ0v) is 13.7. The second kappa shape index (κ2) is 6.89. The van der Waals surface area contributed by atoms with E-state index in [1.54, 1.807) is 36.7 Å². The number of methoxy groups -OCH3 is 1. The largest absolute Gasteiger partial charge is 0.495 e. The lowest BCUT2D eigenvalue weighted by Crippen LogP contribution is -2.24. The van der Waals surface area contributed by atoms with Crippen LogP contribution in [0.15, 0.2) is 47.6 Å². The van der Waals surface area contributed by atoms with Crippen LogP contribution in [0, 0.1) is 0 Å². The molecule has 1 heterocycles. The van der Waals surface area contributed by atoms with Crippen molar-refractivity contribution in [3.05, 3.63) is 53.9 Å². The third-order valence-electron chi connectivity index (χ3n) is 3.36. The van der Waals surface area contributed by atoms with Crippen LogP contribution in [0.25, 0.3) is 0 Å². The van der Waals surface area contributed by atoms with Gasteiger partial charge in [-0.05, 0) is 41.3 Å². The first-order valence-corrected chi connectivity index (χ1v) is 8.49. The van der Waals surface area contributed by atoms with Gasteiger partial charge in [-0.25, -0.2) is 13.1 Å². The van der Waals surface area contributed by atoms with E-state index in [-0.39, 0.29) is 17.4 Å². The summed E-state index contributed by atoms with van der Waals surface area (Å²) in [4.78, 5) is 4.07. The van der Waals surface area contributed by atoms with E-state index in [1.807, 2.05) is 19.9 Å². The standard InChI is InChI=1S/C16H20N2O3S/c1-12(2)14-4-5-15(21-3)16(10-14)22(19,20)18-11-13-6-8-17-9-7-13/h4-10,12,18H,11H2,1-3H3. The van der Waals surface area contributed by atoms with E-state index in [0.29, 0.717) is 5.75 Å². The summed E-state index contributed by atoms with van der Waals surface area (Å²) >= 11 is 0. The fourth-order valence-corrected chi connectivity index (χ4v) is 3.24. The fourth-order valence-electron chi connectivity index (χ4n) is 2.02. The van der Waals surface area contributed by atoms with E-state index in [9.17, 15) is 8.42 Å². The Morgan fingerprint density at radius 2 is 1.86 bits per heavy atom. The molecule has 1 N–H and O–H groups in total. The molecule has 0 amide bonds. The van der Waals surface area contributed by atoms with Gasteiger partial charge in [0.15, 0.2) is 0 Å². The molecule has 0 saturated carbocycles. The van der Waals surface area contributed by atoms with Crippen molar-refractivity contribution in [3.63, 3.8) is 0 Å². The van der Waals surface area contributed by atoms with Crippen LogP contribution in [-0.4, -0.2) is 20.5 Å². The van der Waals surface area contributed by atoms with Crippen LogP contribution in [0.4, 0.5) is 0 Å². The predicted octanol–water partition coefficient (Wildman–Crippen LogP) is 2.69. The van der Waals surface area contributed by atoms with Gasteiger partial charge in [-0.3, -0.25) is 4.98 Å². The van der Waals surface area contributed by atoms with Gasteiger partial charge in [-0.2, -0.15) is 0 Å². The molecule has 0 atom stereocenters. The van der Waals surface area contributed by atoms with Gasteiger partial charge in [0.1, 0.15) is 10.6 Å². The van der Waals surface area contributed by atoms with E-state index < -0.39 is 10.0 Å². The van der Waals surface area contributed by atoms with Crippen LogP contribution < -0.4 is 9.46 Å². The minimum atomic E-state index is -3.65. The molecule has 0 saturated heterocycles. The molecule has 0 radical (unpaired) electrons. The Hall–Kier alpha value is -1.92. The van der Waals surface area contributed by atoms with Crippen LogP contribution >= 0.6 is 0 Å². The molecule has 1 aromatic heterocycles.